The molecule has 8 heteroatoms. The Labute approximate surface area is 197 Å². The van der Waals surface area contributed by atoms with Crippen LogP contribution in [-0.2, 0) is 18.9 Å². The van der Waals surface area contributed by atoms with Crippen LogP contribution in [0.1, 0.15) is 66.2 Å². The summed E-state index contributed by atoms with van der Waals surface area (Å²) in [5, 5.41) is 38.9. The van der Waals surface area contributed by atoms with Gasteiger partial charge in [-0.25, -0.2) is 0 Å². The van der Waals surface area contributed by atoms with Crippen LogP contribution in [-0.4, -0.2) is 83.8 Å². The van der Waals surface area contributed by atoms with Gasteiger partial charge in [0, 0.05) is 17.3 Å². The van der Waals surface area contributed by atoms with Crippen LogP contribution in [0.15, 0.2) is 0 Å². The molecule has 1 spiro atoms. The van der Waals surface area contributed by atoms with E-state index >= 15 is 0 Å². The summed E-state index contributed by atoms with van der Waals surface area (Å²) in [6.45, 7) is 9.55. The van der Waals surface area contributed by atoms with Gasteiger partial charge in [-0.15, -0.1) is 0 Å². The number of aliphatic hydroxyl groups excluding tert-OH is 2. The Bertz CT molecular complexity index is 604. The lowest BCUT2D eigenvalue weighted by Gasteiger charge is -2.58. The minimum Gasteiger partial charge on any atom is -0.396 e. The Morgan fingerprint density at radius 3 is 1.27 bits per heavy atom. The average molecular weight is 473 g/mol. The lowest BCUT2D eigenvalue weighted by molar-refractivity contribution is -0.337. The smallest absolute Gasteiger partial charge is 0.164 e. The minimum absolute atomic E-state index is 0.00440. The van der Waals surface area contributed by atoms with E-state index in [1.807, 2.05) is 27.7 Å². The third-order valence-electron chi connectivity index (χ3n) is 8.25. The molecule has 8 nitrogen and oxygen atoms in total. The SMILES string of the molecule is CC(C)(CO)C1OCC2(CO1)COC(C(C)(C)CO)OC2.OC12CC3CC(C1)CC(O)(C3)C2. The molecule has 0 radical (unpaired) electrons. The second-order valence-electron chi connectivity index (χ2n) is 13.1. The molecule has 4 bridgehead atoms. The van der Waals surface area contributed by atoms with Crippen LogP contribution in [0.2, 0.25) is 0 Å². The monoisotopic (exact) mass is 472 g/mol. The second-order valence-corrected chi connectivity index (χ2v) is 13.1. The highest BCUT2D eigenvalue weighted by Crippen LogP contribution is 2.57. The summed E-state index contributed by atoms with van der Waals surface area (Å²) in [5.41, 5.74) is -2.14. The van der Waals surface area contributed by atoms with Gasteiger partial charge in [-0.2, -0.15) is 0 Å². The average Bonchev–Trinajstić information content (AvgIpc) is 2.72. The lowest BCUT2D eigenvalue weighted by Crippen LogP contribution is -2.58. The molecule has 2 saturated heterocycles. The molecule has 0 aromatic rings. The Kier molecular flexibility index (Phi) is 7.00. The Morgan fingerprint density at radius 2 is 1.00 bits per heavy atom. The topological polar surface area (TPSA) is 118 Å². The number of hydrogen-bond donors (Lipinski definition) is 4. The van der Waals surface area contributed by atoms with Crippen LogP contribution >= 0.6 is 0 Å². The molecule has 0 unspecified atom stereocenters. The summed E-state index contributed by atoms with van der Waals surface area (Å²) in [6, 6.07) is 0. The van der Waals surface area contributed by atoms with E-state index in [-0.39, 0.29) is 18.6 Å². The summed E-state index contributed by atoms with van der Waals surface area (Å²) >= 11 is 0. The maximum atomic E-state index is 10.1. The Morgan fingerprint density at radius 1 is 0.667 bits per heavy atom. The summed E-state index contributed by atoms with van der Waals surface area (Å²) in [5.74, 6) is 1.22. The Hall–Kier alpha value is -0.320. The summed E-state index contributed by atoms with van der Waals surface area (Å²) < 4.78 is 23.1. The molecule has 0 amide bonds. The van der Waals surface area contributed by atoms with Crippen LogP contribution in [0.3, 0.4) is 0 Å². The van der Waals surface area contributed by atoms with Crippen LogP contribution in [0.5, 0.6) is 0 Å². The van der Waals surface area contributed by atoms with Crippen molar-refractivity contribution in [2.75, 3.05) is 39.6 Å². The van der Waals surface area contributed by atoms with Crippen molar-refractivity contribution in [3.8, 4) is 0 Å². The first-order valence-corrected chi connectivity index (χ1v) is 12.4. The van der Waals surface area contributed by atoms with E-state index in [9.17, 15) is 20.4 Å². The van der Waals surface area contributed by atoms with Crippen molar-refractivity contribution in [3.05, 3.63) is 0 Å². The molecule has 0 atom stereocenters. The molecule has 6 rings (SSSR count). The van der Waals surface area contributed by atoms with Gasteiger partial charge in [-0.1, -0.05) is 27.7 Å². The first kappa shape index (κ1) is 25.8. The highest BCUT2D eigenvalue weighted by atomic mass is 16.7. The molecule has 192 valence electrons. The fourth-order valence-electron chi connectivity index (χ4n) is 6.57. The van der Waals surface area contributed by atoms with Crippen LogP contribution < -0.4 is 0 Å². The molecule has 33 heavy (non-hydrogen) atoms. The quantitative estimate of drug-likeness (QED) is 0.489. The largest absolute Gasteiger partial charge is 0.396 e. The second kappa shape index (κ2) is 8.96. The van der Waals surface area contributed by atoms with Gasteiger partial charge < -0.3 is 39.4 Å². The van der Waals surface area contributed by atoms with Crippen molar-refractivity contribution in [2.24, 2.45) is 28.1 Å². The fourth-order valence-corrected chi connectivity index (χ4v) is 6.57. The number of rotatable bonds is 4. The molecule has 2 aliphatic heterocycles. The van der Waals surface area contributed by atoms with E-state index in [2.05, 4.69) is 0 Å². The Balaban J connectivity index is 0.000000180. The summed E-state index contributed by atoms with van der Waals surface area (Å²) in [4.78, 5) is 0. The van der Waals surface area contributed by atoms with Gasteiger partial charge >= 0.3 is 0 Å². The molecule has 4 N–H and O–H groups in total. The van der Waals surface area contributed by atoms with Gasteiger partial charge in [-0.3, -0.25) is 0 Å². The van der Waals surface area contributed by atoms with Gasteiger partial charge in [0.25, 0.3) is 0 Å². The van der Waals surface area contributed by atoms with Crippen LogP contribution in [0.4, 0.5) is 0 Å². The van der Waals surface area contributed by atoms with Crippen molar-refractivity contribution >= 4 is 0 Å². The standard InChI is InChI=1S/C15H28O6.C10H16O2/c1-13(2,5-16)11-18-7-15(8-19-11)9-20-12(21-10-15)14(3,4)6-17;11-9-2-7-1-8(4-9)5-10(12,3-7)6-9/h11-12,16-17H,5-10H2,1-4H3;7-8,11-12H,1-6H2. The third-order valence-corrected chi connectivity index (χ3v) is 8.25. The molecule has 0 aromatic heterocycles. The predicted octanol–water partition coefficient (Wildman–Crippen LogP) is 1.82. The number of hydrogen-bond acceptors (Lipinski definition) is 8. The van der Waals surface area contributed by atoms with E-state index < -0.39 is 34.6 Å². The molecule has 2 heterocycles. The van der Waals surface area contributed by atoms with E-state index in [0.717, 1.165) is 25.7 Å². The minimum atomic E-state index is -0.487. The van der Waals surface area contributed by atoms with Crippen molar-refractivity contribution in [1.29, 1.82) is 0 Å². The predicted molar refractivity (Wildman–Crippen MR) is 120 cm³/mol. The van der Waals surface area contributed by atoms with Gasteiger partial charge in [0.05, 0.1) is 56.3 Å². The highest BCUT2D eigenvalue weighted by Gasteiger charge is 2.56. The van der Waals surface area contributed by atoms with Crippen molar-refractivity contribution in [3.63, 3.8) is 0 Å². The lowest BCUT2D eigenvalue weighted by atomic mass is 9.52. The normalized spacial score (nSPS) is 45.1. The van der Waals surface area contributed by atoms with Crippen LogP contribution in [0.25, 0.3) is 0 Å². The molecule has 6 aliphatic rings. The van der Waals surface area contributed by atoms with E-state index in [4.69, 9.17) is 18.9 Å². The molecule has 6 fully saturated rings. The number of aliphatic hydroxyl groups is 4. The van der Waals surface area contributed by atoms with Gasteiger partial charge in [0.15, 0.2) is 12.6 Å². The van der Waals surface area contributed by atoms with Crippen molar-refractivity contribution < 1.29 is 39.4 Å². The zero-order valence-electron chi connectivity index (χ0n) is 20.7. The molecular weight excluding hydrogens is 428 g/mol. The number of ether oxygens (including phenoxy) is 4. The fraction of sp³-hybridized carbons (Fsp3) is 1.00. The van der Waals surface area contributed by atoms with Gasteiger partial charge in [0.2, 0.25) is 0 Å². The maximum Gasteiger partial charge on any atom is 0.164 e. The molecule has 0 aromatic carbocycles. The summed E-state index contributed by atoms with van der Waals surface area (Å²) in [6.07, 6.45) is 4.87. The van der Waals surface area contributed by atoms with Gasteiger partial charge in [0.1, 0.15) is 0 Å². The summed E-state index contributed by atoms with van der Waals surface area (Å²) in [7, 11) is 0. The van der Waals surface area contributed by atoms with E-state index in [1.165, 1.54) is 6.42 Å². The van der Waals surface area contributed by atoms with E-state index in [0.29, 0.717) is 44.7 Å². The first-order valence-electron chi connectivity index (χ1n) is 12.4. The molecular formula is C25H44O8. The third kappa shape index (κ3) is 5.43. The zero-order chi connectivity index (χ0) is 24.1. The van der Waals surface area contributed by atoms with Crippen LogP contribution in [0, 0.1) is 28.1 Å². The zero-order valence-corrected chi connectivity index (χ0v) is 20.7. The molecule has 4 aliphatic carbocycles. The van der Waals surface area contributed by atoms with E-state index in [1.54, 1.807) is 0 Å². The first-order chi connectivity index (χ1) is 15.3. The molecule has 4 saturated carbocycles. The van der Waals surface area contributed by atoms with Gasteiger partial charge in [-0.05, 0) is 43.9 Å². The highest BCUT2D eigenvalue weighted by molar-refractivity contribution is 5.08. The van der Waals surface area contributed by atoms with Crippen molar-refractivity contribution in [2.45, 2.75) is 90.0 Å². The maximum absolute atomic E-state index is 10.1. The van der Waals surface area contributed by atoms with Crippen molar-refractivity contribution in [1.82, 2.24) is 0 Å².